The normalized spacial score (nSPS) is 14.9. The summed E-state index contributed by atoms with van der Waals surface area (Å²) in [6.45, 7) is 6.70. The first-order chi connectivity index (χ1) is 7.19. The highest BCUT2D eigenvalue weighted by molar-refractivity contribution is 5.34. The van der Waals surface area contributed by atoms with Crippen LogP contribution in [0.1, 0.15) is 51.5 Å². The number of rotatable bonds is 5. The van der Waals surface area contributed by atoms with E-state index in [1.807, 2.05) is 18.2 Å². The fourth-order valence-corrected chi connectivity index (χ4v) is 2.00. The molecule has 0 fully saturated rings. The van der Waals surface area contributed by atoms with E-state index in [-0.39, 0.29) is 0 Å². The maximum atomic E-state index is 9.80. The highest BCUT2D eigenvalue weighted by Crippen LogP contribution is 2.33. The van der Waals surface area contributed by atoms with E-state index in [1.54, 1.807) is 6.07 Å². The Kier molecular flexibility index (Phi) is 4.67. The number of benzene rings is 1. The van der Waals surface area contributed by atoms with Gasteiger partial charge in [-0.05, 0) is 36.3 Å². The minimum atomic E-state index is 0.452. The van der Waals surface area contributed by atoms with E-state index in [0.717, 1.165) is 17.9 Å². The second-order valence-electron chi connectivity index (χ2n) is 4.41. The molecule has 1 nitrogen and oxygen atoms in total. The molecule has 1 aromatic rings. The van der Waals surface area contributed by atoms with Crippen molar-refractivity contribution >= 4 is 0 Å². The predicted molar refractivity (Wildman–Crippen MR) is 65.2 cm³/mol. The molecule has 2 atom stereocenters. The Morgan fingerprint density at radius 2 is 1.80 bits per heavy atom. The summed E-state index contributed by atoms with van der Waals surface area (Å²) in [7, 11) is 0. The summed E-state index contributed by atoms with van der Waals surface area (Å²) in [4.78, 5) is 0. The number of aromatic hydroxyl groups is 1. The van der Waals surface area contributed by atoms with Gasteiger partial charge in [-0.15, -0.1) is 0 Å². The first kappa shape index (κ1) is 12.1. The summed E-state index contributed by atoms with van der Waals surface area (Å²) in [6.07, 6.45) is 3.48. The van der Waals surface area contributed by atoms with Crippen LogP contribution in [0.2, 0.25) is 0 Å². The number of phenolic OH excluding ortho intramolecular Hbond substituents is 1. The zero-order valence-electron chi connectivity index (χ0n) is 10.0. The van der Waals surface area contributed by atoms with Gasteiger partial charge in [-0.25, -0.2) is 0 Å². The molecule has 2 unspecified atom stereocenters. The molecule has 0 heterocycles. The van der Waals surface area contributed by atoms with Crippen molar-refractivity contribution < 1.29 is 5.11 Å². The molecule has 1 rings (SSSR count). The molecule has 0 bridgehead atoms. The van der Waals surface area contributed by atoms with Gasteiger partial charge in [0.1, 0.15) is 5.75 Å². The van der Waals surface area contributed by atoms with Crippen LogP contribution < -0.4 is 0 Å². The van der Waals surface area contributed by atoms with E-state index in [4.69, 9.17) is 0 Å². The van der Waals surface area contributed by atoms with Crippen LogP contribution in [0.3, 0.4) is 0 Å². The molecule has 0 spiro atoms. The van der Waals surface area contributed by atoms with Crippen LogP contribution in [-0.2, 0) is 0 Å². The summed E-state index contributed by atoms with van der Waals surface area (Å²) >= 11 is 0. The van der Waals surface area contributed by atoms with Crippen molar-refractivity contribution in [1.82, 2.24) is 0 Å². The number of hydrogen-bond donors (Lipinski definition) is 1. The third-order valence-corrected chi connectivity index (χ3v) is 3.25. The van der Waals surface area contributed by atoms with Crippen molar-refractivity contribution in [2.24, 2.45) is 5.92 Å². The number of para-hydroxylation sites is 1. The lowest BCUT2D eigenvalue weighted by Gasteiger charge is -2.20. The van der Waals surface area contributed by atoms with E-state index < -0.39 is 0 Å². The fraction of sp³-hybridized carbons (Fsp3) is 0.571. The third kappa shape index (κ3) is 3.26. The summed E-state index contributed by atoms with van der Waals surface area (Å²) < 4.78 is 0. The van der Waals surface area contributed by atoms with Crippen LogP contribution >= 0.6 is 0 Å². The molecule has 15 heavy (non-hydrogen) atoms. The van der Waals surface area contributed by atoms with Crippen molar-refractivity contribution in [2.45, 2.75) is 46.0 Å². The molecule has 0 saturated carbocycles. The van der Waals surface area contributed by atoms with Crippen LogP contribution in [0, 0.1) is 5.92 Å². The van der Waals surface area contributed by atoms with Crippen molar-refractivity contribution in [3.63, 3.8) is 0 Å². The van der Waals surface area contributed by atoms with Gasteiger partial charge >= 0.3 is 0 Å². The maximum absolute atomic E-state index is 9.80. The van der Waals surface area contributed by atoms with E-state index in [2.05, 4.69) is 20.8 Å². The lowest BCUT2D eigenvalue weighted by Crippen LogP contribution is -2.04. The van der Waals surface area contributed by atoms with Gasteiger partial charge in [-0.1, -0.05) is 45.4 Å². The fourth-order valence-electron chi connectivity index (χ4n) is 2.00. The van der Waals surface area contributed by atoms with E-state index in [1.165, 1.54) is 12.8 Å². The van der Waals surface area contributed by atoms with E-state index in [0.29, 0.717) is 11.7 Å². The zero-order valence-corrected chi connectivity index (χ0v) is 10.0. The summed E-state index contributed by atoms with van der Waals surface area (Å²) in [5.41, 5.74) is 1.11. The summed E-state index contributed by atoms with van der Waals surface area (Å²) in [6, 6.07) is 7.73. The van der Waals surface area contributed by atoms with Crippen molar-refractivity contribution in [3.8, 4) is 5.75 Å². The molecule has 1 heteroatoms. The lowest BCUT2D eigenvalue weighted by molar-refractivity contribution is 0.420. The Labute approximate surface area is 93.1 Å². The molecule has 0 amide bonds. The molecule has 0 aliphatic rings. The van der Waals surface area contributed by atoms with E-state index >= 15 is 0 Å². The number of hydrogen-bond acceptors (Lipinski definition) is 1. The van der Waals surface area contributed by atoms with Crippen molar-refractivity contribution in [1.29, 1.82) is 0 Å². The molecule has 1 aromatic carbocycles. The van der Waals surface area contributed by atoms with Crippen LogP contribution in [0.25, 0.3) is 0 Å². The predicted octanol–water partition coefficient (Wildman–Crippen LogP) is 4.32. The van der Waals surface area contributed by atoms with Gasteiger partial charge in [-0.3, -0.25) is 0 Å². The van der Waals surface area contributed by atoms with Gasteiger partial charge in [0.2, 0.25) is 0 Å². The van der Waals surface area contributed by atoms with Gasteiger partial charge in [-0.2, -0.15) is 0 Å². The quantitative estimate of drug-likeness (QED) is 0.760. The molecule has 1 N–H and O–H groups in total. The van der Waals surface area contributed by atoms with Crippen LogP contribution in [0.4, 0.5) is 0 Å². The minimum Gasteiger partial charge on any atom is -0.508 e. The molecule has 0 aliphatic heterocycles. The van der Waals surface area contributed by atoms with Crippen molar-refractivity contribution in [2.75, 3.05) is 0 Å². The first-order valence-electron chi connectivity index (χ1n) is 5.96. The molecule has 84 valence electrons. The second kappa shape index (κ2) is 5.79. The molecular weight excluding hydrogens is 184 g/mol. The third-order valence-electron chi connectivity index (χ3n) is 3.25. The number of phenols is 1. The standard InChI is InChI=1S/C14H22O/c1-4-11(3)10-12(5-2)13-8-6-7-9-14(13)15/h6-9,11-12,15H,4-5,10H2,1-3H3. The van der Waals surface area contributed by atoms with Gasteiger partial charge in [0.25, 0.3) is 0 Å². The van der Waals surface area contributed by atoms with E-state index in [9.17, 15) is 5.11 Å². The largest absolute Gasteiger partial charge is 0.508 e. The van der Waals surface area contributed by atoms with Gasteiger partial charge < -0.3 is 5.11 Å². The second-order valence-corrected chi connectivity index (χ2v) is 4.41. The SMILES string of the molecule is CCC(C)CC(CC)c1ccccc1O. The lowest BCUT2D eigenvalue weighted by atomic mass is 9.86. The monoisotopic (exact) mass is 206 g/mol. The molecule has 0 aliphatic carbocycles. The molecule has 0 saturated heterocycles. The molecular formula is C14H22O. The maximum Gasteiger partial charge on any atom is 0.119 e. The first-order valence-corrected chi connectivity index (χ1v) is 5.96. The van der Waals surface area contributed by atoms with Crippen molar-refractivity contribution in [3.05, 3.63) is 29.8 Å². The Morgan fingerprint density at radius 1 is 1.13 bits per heavy atom. The summed E-state index contributed by atoms with van der Waals surface area (Å²) in [5.74, 6) is 1.68. The van der Waals surface area contributed by atoms with Crippen LogP contribution in [0.5, 0.6) is 5.75 Å². The smallest absolute Gasteiger partial charge is 0.119 e. The Balaban J connectivity index is 2.78. The van der Waals surface area contributed by atoms with Gasteiger partial charge in [0.15, 0.2) is 0 Å². The zero-order chi connectivity index (χ0) is 11.3. The Hall–Kier alpha value is -0.980. The van der Waals surface area contributed by atoms with Gasteiger partial charge in [0.05, 0.1) is 0 Å². The minimum absolute atomic E-state index is 0.452. The summed E-state index contributed by atoms with van der Waals surface area (Å²) in [5, 5.41) is 9.80. The average Bonchev–Trinajstić information content (AvgIpc) is 2.26. The molecule has 0 aromatic heterocycles. The Bertz CT molecular complexity index is 293. The van der Waals surface area contributed by atoms with Crippen LogP contribution in [-0.4, -0.2) is 5.11 Å². The highest BCUT2D eigenvalue weighted by Gasteiger charge is 2.15. The highest BCUT2D eigenvalue weighted by atomic mass is 16.3. The topological polar surface area (TPSA) is 20.2 Å². The Morgan fingerprint density at radius 3 is 2.33 bits per heavy atom. The van der Waals surface area contributed by atoms with Gasteiger partial charge in [0, 0.05) is 0 Å². The molecule has 0 radical (unpaired) electrons. The van der Waals surface area contributed by atoms with Crippen LogP contribution in [0.15, 0.2) is 24.3 Å². The average molecular weight is 206 g/mol.